The maximum Gasteiger partial charge on any atom is 0.410 e. The van der Waals surface area contributed by atoms with Crippen LogP contribution in [0, 0.1) is 5.41 Å². The Bertz CT molecular complexity index is 1090. The fraction of sp³-hybridized carbons (Fsp3) is 0.607. The molecule has 194 valence electrons. The number of piperidine rings is 1. The van der Waals surface area contributed by atoms with Gasteiger partial charge in [0, 0.05) is 60.8 Å². The molecule has 2 aromatic rings. The summed E-state index contributed by atoms with van der Waals surface area (Å²) in [6, 6.07) is 6.27. The molecule has 1 spiro atoms. The molecule has 2 saturated heterocycles. The fourth-order valence-corrected chi connectivity index (χ4v) is 6.11. The van der Waals surface area contributed by atoms with Crippen molar-refractivity contribution in [3.05, 3.63) is 41.7 Å². The molecule has 3 aliphatic rings. The van der Waals surface area contributed by atoms with Crippen LogP contribution in [0.15, 0.2) is 30.6 Å². The van der Waals surface area contributed by atoms with Gasteiger partial charge >= 0.3 is 6.09 Å². The Labute approximate surface area is 218 Å². The number of aromatic nitrogens is 2. The molecule has 0 N–H and O–H groups in total. The van der Waals surface area contributed by atoms with Crippen molar-refractivity contribution in [2.75, 3.05) is 32.1 Å². The molecule has 4 heterocycles. The standard InChI is InChI=1S/C28H37N3O4S/c1-26(2,3)35-25(32)31-11-9-28(10-12-31)8-7-21-13-22(5-6-23(21)34-28)24-29-14-20(15-30-24)16-36-19-27(4)17-33-18-27/h5-6,13-15H,7-12,16-19H2,1-4H3. The van der Waals surface area contributed by atoms with Crippen LogP contribution in [0.25, 0.3) is 11.4 Å². The normalized spacial score (nSPS) is 20.3. The summed E-state index contributed by atoms with van der Waals surface area (Å²) >= 11 is 1.92. The van der Waals surface area contributed by atoms with Crippen LogP contribution in [0.3, 0.4) is 0 Å². The van der Waals surface area contributed by atoms with Crippen LogP contribution >= 0.6 is 11.8 Å². The van der Waals surface area contributed by atoms with E-state index in [1.165, 1.54) is 5.56 Å². The maximum absolute atomic E-state index is 12.4. The van der Waals surface area contributed by atoms with E-state index in [-0.39, 0.29) is 11.7 Å². The van der Waals surface area contributed by atoms with Gasteiger partial charge in [0.15, 0.2) is 5.82 Å². The molecule has 2 fully saturated rings. The molecule has 3 aliphatic heterocycles. The van der Waals surface area contributed by atoms with Crippen molar-refractivity contribution in [2.45, 2.75) is 70.3 Å². The van der Waals surface area contributed by atoms with Crippen molar-refractivity contribution in [3.8, 4) is 17.1 Å². The third kappa shape index (κ3) is 5.80. The van der Waals surface area contributed by atoms with Gasteiger partial charge in [0.05, 0.1) is 13.2 Å². The Morgan fingerprint density at radius 2 is 1.86 bits per heavy atom. The summed E-state index contributed by atoms with van der Waals surface area (Å²) < 4.78 is 17.4. The van der Waals surface area contributed by atoms with Gasteiger partial charge in [-0.15, -0.1) is 0 Å². The number of carbonyl (C=O) groups is 1. The van der Waals surface area contributed by atoms with Crippen molar-refractivity contribution < 1.29 is 19.0 Å². The first kappa shape index (κ1) is 25.3. The number of thioether (sulfide) groups is 1. The van der Waals surface area contributed by atoms with E-state index in [2.05, 4.69) is 35.1 Å². The zero-order chi connectivity index (χ0) is 25.4. The van der Waals surface area contributed by atoms with Crippen molar-refractivity contribution in [2.24, 2.45) is 5.41 Å². The highest BCUT2D eigenvalue weighted by molar-refractivity contribution is 7.98. The first-order valence-corrected chi connectivity index (χ1v) is 14.0. The number of likely N-dealkylation sites (tertiary alicyclic amines) is 1. The number of hydrogen-bond acceptors (Lipinski definition) is 7. The third-order valence-electron chi connectivity index (χ3n) is 7.15. The van der Waals surface area contributed by atoms with E-state index < -0.39 is 5.60 Å². The summed E-state index contributed by atoms with van der Waals surface area (Å²) in [5.41, 5.74) is 3.01. The van der Waals surface area contributed by atoms with Crippen LogP contribution in [0.2, 0.25) is 0 Å². The molecule has 0 aliphatic carbocycles. The van der Waals surface area contributed by atoms with Crippen LogP contribution in [-0.2, 0) is 21.6 Å². The molecule has 5 rings (SSSR count). The molecule has 0 radical (unpaired) electrons. The van der Waals surface area contributed by atoms with E-state index in [0.717, 1.165) is 73.1 Å². The summed E-state index contributed by atoms with van der Waals surface area (Å²) in [6.45, 7) is 11.0. The number of carbonyl (C=O) groups excluding carboxylic acids is 1. The second-order valence-electron chi connectivity index (χ2n) is 11.8. The molecule has 0 unspecified atom stereocenters. The van der Waals surface area contributed by atoms with Crippen LogP contribution in [0.4, 0.5) is 4.79 Å². The van der Waals surface area contributed by atoms with Crippen LogP contribution < -0.4 is 4.74 Å². The van der Waals surface area contributed by atoms with Gasteiger partial charge in [0.25, 0.3) is 0 Å². The number of fused-ring (bicyclic) bond motifs is 1. The monoisotopic (exact) mass is 511 g/mol. The quantitative estimate of drug-likeness (QED) is 0.524. The van der Waals surface area contributed by atoms with Crippen LogP contribution in [-0.4, -0.2) is 64.2 Å². The Kier molecular flexibility index (Phi) is 6.94. The highest BCUT2D eigenvalue weighted by atomic mass is 32.2. The highest BCUT2D eigenvalue weighted by Gasteiger charge is 2.41. The summed E-state index contributed by atoms with van der Waals surface area (Å²) in [5.74, 6) is 3.70. The first-order valence-electron chi connectivity index (χ1n) is 12.9. The zero-order valence-electron chi connectivity index (χ0n) is 21.8. The molecule has 1 aromatic heterocycles. The second kappa shape index (κ2) is 9.86. The molecule has 8 heteroatoms. The largest absolute Gasteiger partial charge is 0.487 e. The second-order valence-corrected chi connectivity index (χ2v) is 12.8. The lowest BCUT2D eigenvalue weighted by Gasteiger charge is -2.44. The predicted octanol–water partition coefficient (Wildman–Crippen LogP) is 5.51. The van der Waals surface area contributed by atoms with Gasteiger partial charge in [-0.05, 0) is 62.9 Å². The average Bonchev–Trinajstić information content (AvgIpc) is 2.82. The molecule has 0 saturated carbocycles. The van der Waals surface area contributed by atoms with Gasteiger partial charge in [-0.2, -0.15) is 11.8 Å². The Morgan fingerprint density at radius 1 is 1.14 bits per heavy atom. The summed E-state index contributed by atoms with van der Waals surface area (Å²) in [4.78, 5) is 23.5. The Hall–Kier alpha value is -2.32. The molecule has 0 atom stereocenters. The van der Waals surface area contributed by atoms with E-state index in [1.54, 1.807) is 4.90 Å². The van der Waals surface area contributed by atoms with E-state index in [0.29, 0.717) is 18.5 Å². The minimum atomic E-state index is -0.475. The number of hydrogen-bond donors (Lipinski definition) is 0. The molecule has 1 aromatic carbocycles. The zero-order valence-corrected chi connectivity index (χ0v) is 22.7. The van der Waals surface area contributed by atoms with Crippen molar-refractivity contribution in [1.29, 1.82) is 0 Å². The van der Waals surface area contributed by atoms with Crippen LogP contribution in [0.5, 0.6) is 5.75 Å². The minimum Gasteiger partial charge on any atom is -0.487 e. The molecule has 0 bridgehead atoms. The van der Waals surface area contributed by atoms with Gasteiger partial charge in [-0.1, -0.05) is 6.92 Å². The van der Waals surface area contributed by atoms with E-state index >= 15 is 0 Å². The number of rotatable bonds is 5. The number of benzene rings is 1. The van der Waals surface area contributed by atoms with E-state index in [1.807, 2.05) is 44.9 Å². The van der Waals surface area contributed by atoms with Crippen molar-refractivity contribution >= 4 is 17.9 Å². The smallest absolute Gasteiger partial charge is 0.410 e. The Balaban J connectivity index is 1.17. The van der Waals surface area contributed by atoms with Gasteiger partial charge in [-0.3, -0.25) is 0 Å². The topological polar surface area (TPSA) is 73.8 Å². The van der Waals surface area contributed by atoms with E-state index in [9.17, 15) is 4.79 Å². The van der Waals surface area contributed by atoms with Crippen molar-refractivity contribution in [1.82, 2.24) is 14.9 Å². The number of nitrogens with zero attached hydrogens (tertiary/aromatic N) is 3. The third-order valence-corrected chi connectivity index (χ3v) is 8.59. The minimum absolute atomic E-state index is 0.203. The fourth-order valence-electron chi connectivity index (χ4n) is 4.96. The molecular weight excluding hydrogens is 474 g/mol. The lowest BCUT2D eigenvalue weighted by molar-refractivity contribution is -0.0861. The lowest BCUT2D eigenvalue weighted by atomic mass is 9.83. The molecule has 36 heavy (non-hydrogen) atoms. The average molecular weight is 512 g/mol. The summed E-state index contributed by atoms with van der Waals surface area (Å²) in [6.07, 6.45) is 7.20. The number of ether oxygens (including phenoxy) is 3. The van der Waals surface area contributed by atoms with Gasteiger partial charge in [0.1, 0.15) is 17.0 Å². The lowest BCUT2D eigenvalue weighted by Crippen LogP contribution is -2.52. The summed E-state index contributed by atoms with van der Waals surface area (Å²) in [5, 5.41) is 0. The van der Waals surface area contributed by atoms with Crippen LogP contribution in [0.1, 0.15) is 58.1 Å². The van der Waals surface area contributed by atoms with Crippen molar-refractivity contribution in [3.63, 3.8) is 0 Å². The molecule has 1 amide bonds. The Morgan fingerprint density at radius 3 is 2.50 bits per heavy atom. The number of aryl methyl sites for hydroxylation is 1. The number of amides is 1. The maximum atomic E-state index is 12.4. The molecular formula is C28H37N3O4S. The first-order chi connectivity index (χ1) is 17.1. The predicted molar refractivity (Wildman–Crippen MR) is 141 cm³/mol. The van der Waals surface area contributed by atoms with Gasteiger partial charge in [0.2, 0.25) is 0 Å². The summed E-state index contributed by atoms with van der Waals surface area (Å²) in [7, 11) is 0. The van der Waals surface area contributed by atoms with Gasteiger partial charge in [-0.25, -0.2) is 14.8 Å². The highest BCUT2D eigenvalue weighted by Crippen LogP contribution is 2.40. The van der Waals surface area contributed by atoms with E-state index in [4.69, 9.17) is 14.2 Å². The van der Waals surface area contributed by atoms with Gasteiger partial charge < -0.3 is 19.1 Å². The SMILES string of the molecule is CC1(CSCc2cnc(-c3ccc4c(c3)CCC3(CCN(C(=O)OC(C)(C)C)CC3)O4)nc2)COC1. The molecule has 7 nitrogen and oxygen atoms in total.